The van der Waals surface area contributed by atoms with Crippen LogP contribution in [0.25, 0.3) is 0 Å². The van der Waals surface area contributed by atoms with Gasteiger partial charge in [0.25, 0.3) is 11.6 Å². The molecule has 1 amide bonds. The van der Waals surface area contributed by atoms with Gasteiger partial charge in [-0.2, -0.15) is 0 Å². The van der Waals surface area contributed by atoms with Gasteiger partial charge in [-0.3, -0.25) is 14.9 Å². The van der Waals surface area contributed by atoms with E-state index >= 15 is 0 Å². The molecule has 2 aromatic rings. The molecule has 0 radical (unpaired) electrons. The molecule has 8 heteroatoms. The maximum absolute atomic E-state index is 11.7. The van der Waals surface area contributed by atoms with E-state index in [-0.39, 0.29) is 30.6 Å². The summed E-state index contributed by atoms with van der Waals surface area (Å²) in [5, 5.41) is 13.8. The van der Waals surface area contributed by atoms with E-state index in [1.165, 1.54) is 18.2 Å². The van der Waals surface area contributed by atoms with Crippen LogP contribution in [0.4, 0.5) is 5.69 Å². The van der Waals surface area contributed by atoms with Crippen LogP contribution in [0.15, 0.2) is 48.5 Å². The van der Waals surface area contributed by atoms with Gasteiger partial charge in [0.2, 0.25) is 0 Å². The SMILES string of the molecule is O=C(COc1cccc([N+](=O)[O-])c1)NCCOc1cccc(Cl)c1. The fraction of sp³-hybridized carbons (Fsp3) is 0.188. The molecular weight excluding hydrogens is 336 g/mol. The summed E-state index contributed by atoms with van der Waals surface area (Å²) in [5.74, 6) is 0.523. The normalized spacial score (nSPS) is 10.0. The number of hydrogen-bond donors (Lipinski definition) is 1. The van der Waals surface area contributed by atoms with Gasteiger partial charge in [0, 0.05) is 11.1 Å². The van der Waals surface area contributed by atoms with Crippen LogP contribution in [0.5, 0.6) is 11.5 Å². The Labute approximate surface area is 143 Å². The Morgan fingerprint density at radius 2 is 1.83 bits per heavy atom. The first-order valence-corrected chi connectivity index (χ1v) is 7.45. The summed E-state index contributed by atoms with van der Waals surface area (Å²) in [4.78, 5) is 21.8. The van der Waals surface area contributed by atoms with Crippen LogP contribution in [-0.4, -0.2) is 30.6 Å². The van der Waals surface area contributed by atoms with Crippen LogP contribution >= 0.6 is 11.6 Å². The highest BCUT2D eigenvalue weighted by molar-refractivity contribution is 6.30. The van der Waals surface area contributed by atoms with Crippen molar-refractivity contribution in [3.63, 3.8) is 0 Å². The van der Waals surface area contributed by atoms with Crippen molar-refractivity contribution < 1.29 is 19.2 Å². The summed E-state index contributed by atoms with van der Waals surface area (Å²) >= 11 is 5.83. The zero-order valence-corrected chi connectivity index (χ0v) is 13.4. The Morgan fingerprint density at radius 3 is 2.54 bits per heavy atom. The largest absolute Gasteiger partial charge is 0.492 e. The molecule has 0 heterocycles. The van der Waals surface area contributed by atoms with E-state index in [1.54, 1.807) is 30.3 Å². The number of benzene rings is 2. The Balaban J connectivity index is 1.68. The smallest absolute Gasteiger partial charge is 0.273 e. The molecule has 2 rings (SSSR count). The molecular formula is C16H15ClN2O5. The van der Waals surface area contributed by atoms with Gasteiger partial charge in [-0.25, -0.2) is 0 Å². The molecule has 0 aliphatic carbocycles. The molecule has 7 nitrogen and oxygen atoms in total. The summed E-state index contributed by atoms with van der Waals surface area (Å²) in [6.07, 6.45) is 0. The number of halogens is 1. The molecule has 1 N–H and O–H groups in total. The molecule has 0 spiro atoms. The van der Waals surface area contributed by atoms with Crippen molar-refractivity contribution in [1.29, 1.82) is 0 Å². The minimum Gasteiger partial charge on any atom is -0.492 e. The number of nitro groups is 1. The second kappa shape index (κ2) is 8.73. The van der Waals surface area contributed by atoms with Gasteiger partial charge in [0.1, 0.15) is 18.1 Å². The standard InChI is InChI=1S/C16H15ClN2O5/c17-12-3-1-5-14(9-12)23-8-7-18-16(20)11-24-15-6-2-4-13(10-15)19(21)22/h1-6,9-10H,7-8,11H2,(H,18,20). The Morgan fingerprint density at radius 1 is 1.12 bits per heavy atom. The number of rotatable bonds is 8. The highest BCUT2D eigenvalue weighted by atomic mass is 35.5. The lowest BCUT2D eigenvalue weighted by atomic mass is 10.3. The van der Waals surface area contributed by atoms with Crippen LogP contribution in [-0.2, 0) is 4.79 Å². The maximum Gasteiger partial charge on any atom is 0.273 e. The number of ether oxygens (including phenoxy) is 2. The van der Waals surface area contributed by atoms with E-state index in [9.17, 15) is 14.9 Å². The van der Waals surface area contributed by atoms with Crippen molar-refractivity contribution in [1.82, 2.24) is 5.32 Å². The highest BCUT2D eigenvalue weighted by Crippen LogP contribution is 2.19. The van der Waals surface area contributed by atoms with Crippen molar-refractivity contribution in [2.75, 3.05) is 19.8 Å². The average molecular weight is 351 g/mol. The summed E-state index contributed by atoms with van der Waals surface area (Å²) < 4.78 is 10.6. The average Bonchev–Trinajstić information content (AvgIpc) is 2.57. The number of amides is 1. The van der Waals surface area contributed by atoms with Gasteiger partial charge in [-0.1, -0.05) is 23.7 Å². The molecule has 0 aromatic heterocycles. The van der Waals surface area contributed by atoms with Crippen LogP contribution in [0.3, 0.4) is 0 Å². The van der Waals surface area contributed by atoms with Gasteiger partial charge in [-0.05, 0) is 24.3 Å². The Kier molecular flexibility index (Phi) is 6.39. The van der Waals surface area contributed by atoms with E-state index in [4.69, 9.17) is 21.1 Å². The number of hydrogen-bond acceptors (Lipinski definition) is 5. The number of nitrogens with one attached hydrogen (secondary N) is 1. The minimum absolute atomic E-state index is 0.0946. The number of nitrogens with zero attached hydrogens (tertiary/aromatic N) is 1. The van der Waals surface area contributed by atoms with E-state index < -0.39 is 4.92 Å². The quantitative estimate of drug-likeness (QED) is 0.449. The third kappa shape index (κ3) is 5.77. The van der Waals surface area contributed by atoms with E-state index in [1.807, 2.05) is 0 Å². The second-order valence-electron chi connectivity index (χ2n) is 4.70. The fourth-order valence-electron chi connectivity index (χ4n) is 1.80. The predicted octanol–water partition coefficient (Wildman–Crippen LogP) is 2.82. The molecule has 0 saturated carbocycles. The number of nitro benzene ring substituents is 1. The number of carbonyl (C=O) groups excluding carboxylic acids is 1. The van der Waals surface area contributed by atoms with Gasteiger partial charge in [0.15, 0.2) is 6.61 Å². The first kappa shape index (κ1) is 17.6. The van der Waals surface area contributed by atoms with Gasteiger partial charge in [0.05, 0.1) is 17.5 Å². The molecule has 0 bridgehead atoms. The van der Waals surface area contributed by atoms with E-state index in [0.717, 1.165) is 0 Å². The molecule has 126 valence electrons. The molecule has 0 saturated heterocycles. The van der Waals surface area contributed by atoms with Gasteiger partial charge in [-0.15, -0.1) is 0 Å². The van der Waals surface area contributed by atoms with Crippen LogP contribution in [0, 0.1) is 10.1 Å². The lowest BCUT2D eigenvalue weighted by Gasteiger charge is -2.09. The van der Waals surface area contributed by atoms with Crippen LogP contribution in [0.1, 0.15) is 0 Å². The maximum atomic E-state index is 11.7. The van der Waals surface area contributed by atoms with Crippen molar-refractivity contribution in [2.45, 2.75) is 0 Å². The fourth-order valence-corrected chi connectivity index (χ4v) is 1.98. The lowest BCUT2D eigenvalue weighted by molar-refractivity contribution is -0.384. The zero-order chi connectivity index (χ0) is 17.4. The molecule has 0 unspecified atom stereocenters. The molecule has 24 heavy (non-hydrogen) atoms. The molecule has 0 atom stereocenters. The van der Waals surface area contributed by atoms with Crippen molar-refractivity contribution in [3.8, 4) is 11.5 Å². The monoisotopic (exact) mass is 350 g/mol. The van der Waals surface area contributed by atoms with Crippen molar-refractivity contribution >= 4 is 23.2 Å². The van der Waals surface area contributed by atoms with Crippen LogP contribution < -0.4 is 14.8 Å². The first-order valence-electron chi connectivity index (χ1n) is 7.07. The van der Waals surface area contributed by atoms with Crippen LogP contribution in [0.2, 0.25) is 5.02 Å². The van der Waals surface area contributed by atoms with Crippen molar-refractivity contribution in [2.24, 2.45) is 0 Å². The highest BCUT2D eigenvalue weighted by Gasteiger charge is 2.08. The lowest BCUT2D eigenvalue weighted by Crippen LogP contribution is -2.32. The summed E-state index contributed by atoms with van der Waals surface area (Å²) in [6, 6.07) is 12.6. The Hall–Kier alpha value is -2.80. The minimum atomic E-state index is -0.528. The summed E-state index contributed by atoms with van der Waals surface area (Å²) in [5.41, 5.74) is -0.0946. The van der Waals surface area contributed by atoms with Gasteiger partial charge >= 0.3 is 0 Å². The molecule has 0 fully saturated rings. The summed E-state index contributed by atoms with van der Waals surface area (Å²) in [7, 11) is 0. The molecule has 0 aliphatic rings. The topological polar surface area (TPSA) is 90.7 Å². The second-order valence-corrected chi connectivity index (χ2v) is 5.14. The number of carbonyl (C=O) groups is 1. The van der Waals surface area contributed by atoms with Crippen molar-refractivity contribution in [3.05, 3.63) is 63.7 Å². The number of non-ortho nitro benzene ring substituents is 1. The van der Waals surface area contributed by atoms with E-state index in [0.29, 0.717) is 17.3 Å². The Bertz CT molecular complexity index is 723. The van der Waals surface area contributed by atoms with Gasteiger partial charge < -0.3 is 14.8 Å². The summed E-state index contributed by atoms with van der Waals surface area (Å²) in [6.45, 7) is 0.338. The van der Waals surface area contributed by atoms with E-state index in [2.05, 4.69) is 5.32 Å². The predicted molar refractivity (Wildman–Crippen MR) is 88.5 cm³/mol. The first-order chi connectivity index (χ1) is 11.5. The molecule has 0 aliphatic heterocycles. The third-order valence-electron chi connectivity index (χ3n) is 2.89. The zero-order valence-electron chi connectivity index (χ0n) is 12.6. The third-order valence-corrected chi connectivity index (χ3v) is 3.12. The molecule has 2 aromatic carbocycles.